The van der Waals surface area contributed by atoms with Crippen LogP contribution in [0.5, 0.6) is 0 Å². The maximum atomic E-state index is 12.5. The van der Waals surface area contributed by atoms with Gasteiger partial charge in [0.05, 0.1) is 0 Å². The molecule has 1 aliphatic heterocycles. The second kappa shape index (κ2) is 8.46. The molecule has 0 spiro atoms. The van der Waals surface area contributed by atoms with Gasteiger partial charge in [0, 0.05) is 55.8 Å². The first-order valence-corrected chi connectivity index (χ1v) is 10.1. The van der Waals surface area contributed by atoms with Crippen LogP contribution in [-0.4, -0.2) is 40.5 Å². The molecule has 2 aromatic heterocycles. The number of anilines is 1. The van der Waals surface area contributed by atoms with Gasteiger partial charge in [0.15, 0.2) is 0 Å². The van der Waals surface area contributed by atoms with Crippen molar-refractivity contribution in [2.24, 2.45) is 5.92 Å². The monoisotopic (exact) mass is 365 g/mol. The minimum Gasteiger partial charge on any atom is -0.355 e. The van der Waals surface area contributed by atoms with Crippen molar-refractivity contribution in [1.29, 1.82) is 0 Å². The molecule has 1 unspecified atom stereocenters. The average Bonchev–Trinajstić information content (AvgIpc) is 2.74. The first-order chi connectivity index (χ1) is 13.3. The zero-order valence-corrected chi connectivity index (χ0v) is 15.7. The van der Waals surface area contributed by atoms with Gasteiger partial charge in [-0.05, 0) is 56.2 Å². The Kier molecular flexibility index (Phi) is 5.61. The predicted octanol–water partition coefficient (Wildman–Crippen LogP) is 2.33. The number of aryl methyl sites for hydroxylation is 1. The number of hydrogen-bond acceptors (Lipinski definition) is 5. The Hall–Kier alpha value is -2.50. The van der Waals surface area contributed by atoms with Crippen molar-refractivity contribution in [3.05, 3.63) is 47.5 Å². The molecule has 142 valence electrons. The van der Waals surface area contributed by atoms with E-state index in [1.54, 1.807) is 6.20 Å². The number of carbonyl (C=O) groups excluding carboxylic acids is 1. The number of hydrogen-bond donors (Lipinski definition) is 1. The number of fused-ring (bicyclic) bond motifs is 1. The lowest BCUT2D eigenvalue weighted by Gasteiger charge is -2.28. The van der Waals surface area contributed by atoms with Gasteiger partial charge in [0.2, 0.25) is 11.9 Å². The van der Waals surface area contributed by atoms with E-state index in [4.69, 9.17) is 4.98 Å². The topological polar surface area (TPSA) is 71.0 Å². The third-order valence-corrected chi connectivity index (χ3v) is 5.55. The van der Waals surface area contributed by atoms with E-state index in [1.807, 2.05) is 24.4 Å². The molecule has 1 fully saturated rings. The Morgan fingerprint density at radius 1 is 1.19 bits per heavy atom. The lowest BCUT2D eigenvalue weighted by atomic mass is 9.86. The highest BCUT2D eigenvalue weighted by Crippen LogP contribution is 2.26. The summed E-state index contributed by atoms with van der Waals surface area (Å²) in [6.07, 6.45) is 10.7. The third kappa shape index (κ3) is 4.43. The van der Waals surface area contributed by atoms with Gasteiger partial charge >= 0.3 is 0 Å². The van der Waals surface area contributed by atoms with Gasteiger partial charge in [0.1, 0.15) is 0 Å². The first-order valence-electron chi connectivity index (χ1n) is 10.1. The van der Waals surface area contributed by atoms with Gasteiger partial charge in [-0.2, -0.15) is 0 Å². The van der Waals surface area contributed by atoms with E-state index in [2.05, 4.69) is 20.2 Å². The SMILES string of the molecule is O=C(NCCc1ccccn1)C1CCc2nc(N3CCCCC3)ncc2C1. The van der Waals surface area contributed by atoms with E-state index < -0.39 is 0 Å². The second-order valence-corrected chi connectivity index (χ2v) is 7.49. The van der Waals surface area contributed by atoms with Crippen LogP contribution in [0.1, 0.15) is 42.6 Å². The summed E-state index contributed by atoms with van der Waals surface area (Å²) in [5.41, 5.74) is 3.26. The lowest BCUT2D eigenvalue weighted by Crippen LogP contribution is -2.36. The van der Waals surface area contributed by atoms with Crippen LogP contribution in [0.25, 0.3) is 0 Å². The van der Waals surface area contributed by atoms with E-state index in [1.165, 1.54) is 19.3 Å². The smallest absolute Gasteiger partial charge is 0.225 e. The van der Waals surface area contributed by atoms with E-state index in [9.17, 15) is 4.79 Å². The molecule has 0 bridgehead atoms. The molecule has 1 aliphatic carbocycles. The van der Waals surface area contributed by atoms with E-state index in [-0.39, 0.29) is 11.8 Å². The van der Waals surface area contributed by atoms with Gasteiger partial charge in [-0.25, -0.2) is 9.97 Å². The molecule has 6 nitrogen and oxygen atoms in total. The van der Waals surface area contributed by atoms with Crippen LogP contribution in [0, 0.1) is 5.92 Å². The summed E-state index contributed by atoms with van der Waals surface area (Å²) < 4.78 is 0. The highest BCUT2D eigenvalue weighted by atomic mass is 16.1. The number of rotatable bonds is 5. The maximum absolute atomic E-state index is 12.5. The summed E-state index contributed by atoms with van der Waals surface area (Å²) in [7, 11) is 0. The Morgan fingerprint density at radius 3 is 2.89 bits per heavy atom. The Morgan fingerprint density at radius 2 is 2.07 bits per heavy atom. The van der Waals surface area contributed by atoms with Crippen molar-refractivity contribution in [3.8, 4) is 0 Å². The molecule has 3 heterocycles. The van der Waals surface area contributed by atoms with Crippen LogP contribution >= 0.6 is 0 Å². The first kappa shape index (κ1) is 17.9. The molecule has 1 amide bonds. The lowest BCUT2D eigenvalue weighted by molar-refractivity contribution is -0.125. The number of nitrogens with one attached hydrogen (secondary N) is 1. The minimum atomic E-state index is 0.0191. The molecule has 1 N–H and O–H groups in total. The van der Waals surface area contributed by atoms with Crippen LogP contribution in [0.4, 0.5) is 5.95 Å². The van der Waals surface area contributed by atoms with Crippen LogP contribution in [0.15, 0.2) is 30.6 Å². The Bertz CT molecular complexity index is 773. The normalized spacial score (nSPS) is 19.4. The maximum Gasteiger partial charge on any atom is 0.225 e. The Balaban J connectivity index is 1.31. The predicted molar refractivity (Wildman–Crippen MR) is 105 cm³/mol. The van der Waals surface area contributed by atoms with E-state index in [0.29, 0.717) is 6.54 Å². The number of piperidine rings is 1. The number of pyridine rings is 1. The van der Waals surface area contributed by atoms with Gasteiger partial charge in [-0.3, -0.25) is 9.78 Å². The van der Waals surface area contributed by atoms with Crippen molar-refractivity contribution < 1.29 is 4.79 Å². The summed E-state index contributed by atoms with van der Waals surface area (Å²) in [5, 5.41) is 3.07. The molecule has 4 rings (SSSR count). The van der Waals surface area contributed by atoms with Crippen LogP contribution in [0.3, 0.4) is 0 Å². The zero-order valence-electron chi connectivity index (χ0n) is 15.7. The summed E-state index contributed by atoms with van der Waals surface area (Å²) in [6, 6.07) is 5.86. The number of carbonyl (C=O) groups is 1. The van der Waals surface area contributed by atoms with Crippen LogP contribution in [-0.2, 0) is 24.1 Å². The largest absolute Gasteiger partial charge is 0.355 e. The standard InChI is InChI=1S/C21H27N5O/c27-20(23-11-9-18-6-2-3-10-22-18)16-7-8-19-17(14-16)15-24-21(25-19)26-12-4-1-5-13-26/h2-3,6,10,15-16H,1,4-5,7-9,11-14H2,(H,23,27). The van der Waals surface area contributed by atoms with Crippen molar-refractivity contribution in [1.82, 2.24) is 20.3 Å². The fourth-order valence-electron chi connectivity index (χ4n) is 3.97. The number of nitrogens with zero attached hydrogens (tertiary/aromatic N) is 4. The van der Waals surface area contributed by atoms with Gasteiger partial charge in [0.25, 0.3) is 0 Å². The van der Waals surface area contributed by atoms with Crippen molar-refractivity contribution in [2.75, 3.05) is 24.5 Å². The van der Waals surface area contributed by atoms with Gasteiger partial charge in [-0.15, -0.1) is 0 Å². The number of amides is 1. The average molecular weight is 365 g/mol. The van der Waals surface area contributed by atoms with Crippen molar-refractivity contribution in [3.63, 3.8) is 0 Å². The molecule has 0 aromatic carbocycles. The van der Waals surface area contributed by atoms with Crippen LogP contribution in [0.2, 0.25) is 0 Å². The van der Waals surface area contributed by atoms with Crippen molar-refractivity contribution in [2.45, 2.75) is 44.9 Å². The van der Waals surface area contributed by atoms with E-state index in [0.717, 1.165) is 61.7 Å². The molecule has 1 saturated heterocycles. The molecular formula is C21H27N5O. The highest BCUT2D eigenvalue weighted by molar-refractivity contribution is 5.79. The quantitative estimate of drug-likeness (QED) is 0.880. The summed E-state index contributed by atoms with van der Waals surface area (Å²) >= 11 is 0. The zero-order chi connectivity index (χ0) is 18.5. The van der Waals surface area contributed by atoms with Gasteiger partial charge < -0.3 is 10.2 Å². The molecule has 2 aromatic rings. The third-order valence-electron chi connectivity index (χ3n) is 5.55. The molecule has 6 heteroatoms. The summed E-state index contributed by atoms with van der Waals surface area (Å²) in [5.74, 6) is 1.02. The fraction of sp³-hybridized carbons (Fsp3) is 0.524. The molecule has 1 atom stereocenters. The molecular weight excluding hydrogens is 338 g/mol. The Labute approximate surface area is 160 Å². The van der Waals surface area contributed by atoms with E-state index >= 15 is 0 Å². The summed E-state index contributed by atoms with van der Waals surface area (Å²) in [4.78, 5) is 28.5. The molecule has 0 radical (unpaired) electrons. The van der Waals surface area contributed by atoms with Gasteiger partial charge in [-0.1, -0.05) is 6.07 Å². The minimum absolute atomic E-state index is 0.0191. The molecule has 27 heavy (non-hydrogen) atoms. The fourth-order valence-corrected chi connectivity index (χ4v) is 3.97. The van der Waals surface area contributed by atoms with Crippen molar-refractivity contribution >= 4 is 11.9 Å². The number of aromatic nitrogens is 3. The molecule has 0 saturated carbocycles. The van der Waals surface area contributed by atoms with Crippen LogP contribution < -0.4 is 10.2 Å². The molecule has 2 aliphatic rings. The second-order valence-electron chi connectivity index (χ2n) is 7.49. The summed E-state index contributed by atoms with van der Waals surface area (Å²) in [6.45, 7) is 2.74. The highest BCUT2D eigenvalue weighted by Gasteiger charge is 2.26.